The van der Waals surface area contributed by atoms with Gasteiger partial charge in [-0.2, -0.15) is 0 Å². The van der Waals surface area contributed by atoms with Crippen molar-refractivity contribution in [2.75, 3.05) is 6.61 Å². The molecule has 13 nitrogen and oxygen atoms in total. The quantitative estimate of drug-likeness (QED) is 0.176. The average molecular weight is 538 g/mol. The molecular formula is C26H29N6O7+. The number of rotatable bonds is 9. The van der Waals surface area contributed by atoms with Crippen molar-refractivity contribution >= 4 is 28.9 Å². The van der Waals surface area contributed by atoms with Gasteiger partial charge < -0.3 is 9.84 Å². The molecule has 0 radical (unpaired) electrons. The Hall–Kier alpha value is -4.36. The fourth-order valence-corrected chi connectivity index (χ4v) is 5.31. The van der Waals surface area contributed by atoms with Crippen molar-refractivity contribution in [3.05, 3.63) is 56.2 Å². The summed E-state index contributed by atoms with van der Waals surface area (Å²) >= 11 is 0. The zero-order chi connectivity index (χ0) is 28.1. The summed E-state index contributed by atoms with van der Waals surface area (Å²) < 4.78 is 7.48. The number of aliphatic carboxylic acids is 1. The summed E-state index contributed by atoms with van der Waals surface area (Å²) in [6.07, 6.45) is 2.55. The highest BCUT2D eigenvalue weighted by Crippen LogP contribution is 2.38. The molecule has 0 saturated heterocycles. The van der Waals surface area contributed by atoms with Crippen LogP contribution < -0.4 is 26.5 Å². The Morgan fingerprint density at radius 1 is 1.00 bits per heavy atom. The molecule has 13 heteroatoms. The summed E-state index contributed by atoms with van der Waals surface area (Å²) in [7, 11) is 0. The van der Waals surface area contributed by atoms with Crippen LogP contribution in [-0.2, 0) is 27.5 Å². The highest BCUT2D eigenvalue weighted by Gasteiger charge is 2.59. The molecule has 0 spiro atoms. The molecule has 0 unspecified atom stereocenters. The largest absolute Gasteiger partial charge is 0.482 e. The summed E-state index contributed by atoms with van der Waals surface area (Å²) in [6.45, 7) is 3.55. The van der Waals surface area contributed by atoms with Gasteiger partial charge in [-0.1, -0.05) is 13.8 Å². The van der Waals surface area contributed by atoms with Crippen molar-refractivity contribution in [1.82, 2.24) is 23.5 Å². The van der Waals surface area contributed by atoms with Crippen molar-refractivity contribution in [3.8, 4) is 17.1 Å². The van der Waals surface area contributed by atoms with Crippen LogP contribution in [0.25, 0.3) is 22.6 Å². The number of aromatic nitrogens is 4. The van der Waals surface area contributed by atoms with E-state index < -0.39 is 40.3 Å². The van der Waals surface area contributed by atoms with Gasteiger partial charge in [-0.15, -0.1) is 10.5 Å². The van der Waals surface area contributed by atoms with Crippen LogP contribution in [-0.4, -0.2) is 48.3 Å². The number of benzene rings is 1. The number of carbonyl (C=O) groups excluding carboxylic acids is 2. The van der Waals surface area contributed by atoms with E-state index in [0.29, 0.717) is 48.8 Å². The minimum absolute atomic E-state index is 0.0241. The molecule has 2 amide bonds. The second-order valence-electron chi connectivity index (χ2n) is 9.62. The lowest BCUT2D eigenvalue weighted by Crippen LogP contribution is -2.69. The zero-order valence-corrected chi connectivity index (χ0v) is 21.7. The molecule has 0 fully saturated rings. The van der Waals surface area contributed by atoms with Crippen LogP contribution in [0.2, 0.25) is 0 Å². The molecule has 0 saturated carbocycles. The maximum absolute atomic E-state index is 13.8. The number of carbonyl (C=O) groups is 3. The Balaban J connectivity index is 1.83. The topological polar surface area (TPSA) is 169 Å². The molecule has 2 aromatic heterocycles. The van der Waals surface area contributed by atoms with Gasteiger partial charge in [0.15, 0.2) is 18.1 Å². The van der Waals surface area contributed by atoms with Gasteiger partial charge in [0.2, 0.25) is 5.52 Å². The molecule has 2 aliphatic rings. The van der Waals surface area contributed by atoms with Gasteiger partial charge in [0, 0.05) is 18.7 Å². The molecular weight excluding hydrogens is 508 g/mol. The normalized spacial score (nSPS) is 16.4. The number of fused-ring (bicyclic) bond motifs is 1. The predicted octanol–water partition coefficient (Wildman–Crippen LogP) is 1.17. The number of amides is 2. The van der Waals surface area contributed by atoms with E-state index in [2.05, 4.69) is 4.98 Å². The highest BCUT2D eigenvalue weighted by atomic mass is 16.5. The van der Waals surface area contributed by atoms with E-state index >= 15 is 0 Å². The summed E-state index contributed by atoms with van der Waals surface area (Å²) in [5.74, 6) is 4.56. The molecule has 3 N–H and O–H groups in total. The Morgan fingerprint density at radius 2 is 1.59 bits per heavy atom. The van der Waals surface area contributed by atoms with Crippen molar-refractivity contribution in [2.24, 2.45) is 5.84 Å². The first-order valence-electron chi connectivity index (χ1n) is 12.9. The van der Waals surface area contributed by atoms with E-state index in [1.165, 1.54) is 16.7 Å². The third-order valence-corrected chi connectivity index (χ3v) is 7.04. The second kappa shape index (κ2) is 9.75. The zero-order valence-electron chi connectivity index (χ0n) is 21.7. The van der Waals surface area contributed by atoms with Crippen LogP contribution in [0.3, 0.4) is 0 Å². The van der Waals surface area contributed by atoms with Crippen molar-refractivity contribution < 1.29 is 24.2 Å². The predicted molar refractivity (Wildman–Crippen MR) is 140 cm³/mol. The third-order valence-electron chi connectivity index (χ3n) is 7.04. The number of ether oxygens (including phenoxy) is 1. The van der Waals surface area contributed by atoms with Gasteiger partial charge in [0.25, 0.3) is 5.56 Å². The monoisotopic (exact) mass is 537 g/mol. The molecule has 204 valence electrons. The SMILES string of the molecule is CCCn1c(=O)c2c(nc(-c3ccc(OCC(=O)O)cc3)n2[N+]2(N)C(=O)C3=C(CCC3)C2=O)n(CCC)c1=O. The summed E-state index contributed by atoms with van der Waals surface area (Å²) in [4.78, 5) is 70.1. The Kier molecular flexibility index (Phi) is 6.56. The van der Waals surface area contributed by atoms with Crippen molar-refractivity contribution in [3.63, 3.8) is 0 Å². The maximum atomic E-state index is 13.8. The lowest BCUT2D eigenvalue weighted by Gasteiger charge is -2.25. The standard InChI is InChI=1S/C26H28N6O7/c1-3-12-29-22-20(23(35)30(13-4-2)26(29)38)31(32(27)24(36)17-6-5-7-18(17)25(32)37)21(28-22)15-8-10-16(11-9-15)39-14-19(33)34/h8-11H,3-7,12-14,27H2,1-2H3/p+1. The van der Waals surface area contributed by atoms with Crippen molar-refractivity contribution in [1.29, 1.82) is 0 Å². The highest BCUT2D eigenvalue weighted by molar-refractivity contribution is 6.25. The Bertz CT molecular complexity index is 1650. The molecule has 0 bridgehead atoms. The molecule has 39 heavy (non-hydrogen) atoms. The van der Waals surface area contributed by atoms with E-state index in [1.807, 2.05) is 13.8 Å². The molecule has 3 aromatic rings. The minimum atomic E-state index is -1.33. The van der Waals surface area contributed by atoms with Gasteiger partial charge in [0.1, 0.15) is 5.75 Å². The van der Waals surface area contributed by atoms with Crippen molar-refractivity contribution in [2.45, 2.75) is 59.0 Å². The van der Waals surface area contributed by atoms with Gasteiger partial charge in [-0.3, -0.25) is 13.9 Å². The number of imidazole rings is 1. The fourth-order valence-electron chi connectivity index (χ4n) is 5.31. The van der Waals surface area contributed by atoms with E-state index in [4.69, 9.17) is 15.7 Å². The van der Waals surface area contributed by atoms with Crippen LogP contribution in [0.4, 0.5) is 0 Å². The fraction of sp³-hybridized carbons (Fsp3) is 0.385. The minimum Gasteiger partial charge on any atom is -0.482 e. The molecule has 1 aliphatic heterocycles. The van der Waals surface area contributed by atoms with E-state index in [9.17, 15) is 24.0 Å². The lowest BCUT2D eigenvalue weighted by molar-refractivity contribution is -0.145. The number of hydrogen-bond donors (Lipinski definition) is 2. The first kappa shape index (κ1) is 26.3. The number of quaternary nitrogens is 1. The third kappa shape index (κ3) is 3.92. The number of hydrogen-bond acceptors (Lipinski definition) is 8. The van der Waals surface area contributed by atoms with E-state index in [0.717, 1.165) is 9.24 Å². The second-order valence-corrected chi connectivity index (χ2v) is 9.62. The van der Waals surface area contributed by atoms with Gasteiger partial charge in [0.05, 0.1) is 11.1 Å². The lowest BCUT2D eigenvalue weighted by atomic mass is 10.2. The Labute approximate surface area is 221 Å². The van der Waals surface area contributed by atoms with Gasteiger partial charge in [-0.05, 0) is 61.1 Å². The molecule has 3 heterocycles. The Morgan fingerprint density at radius 3 is 2.15 bits per heavy atom. The van der Waals surface area contributed by atoms with Crippen LogP contribution in [0, 0.1) is 0 Å². The number of nitrogens with two attached hydrogens (primary N) is 1. The maximum Gasteiger partial charge on any atom is 0.394 e. The summed E-state index contributed by atoms with van der Waals surface area (Å²) in [6, 6.07) is 6.12. The molecule has 5 rings (SSSR count). The van der Waals surface area contributed by atoms with E-state index in [-0.39, 0.29) is 35.8 Å². The number of carboxylic acids is 1. The first-order chi connectivity index (χ1) is 18.6. The number of carboxylic acid groups (broad SMARTS) is 1. The van der Waals surface area contributed by atoms with Crippen LogP contribution in [0.1, 0.15) is 46.0 Å². The van der Waals surface area contributed by atoms with Crippen LogP contribution in [0.5, 0.6) is 5.75 Å². The van der Waals surface area contributed by atoms with E-state index in [1.54, 1.807) is 12.1 Å². The molecule has 1 aliphatic carbocycles. The smallest absolute Gasteiger partial charge is 0.394 e. The van der Waals surface area contributed by atoms with Crippen LogP contribution >= 0.6 is 0 Å². The average Bonchev–Trinajstić information content (AvgIpc) is 3.61. The number of nitrogens with zero attached hydrogens (tertiary/aromatic N) is 5. The van der Waals surface area contributed by atoms with Gasteiger partial charge >= 0.3 is 23.5 Å². The summed E-state index contributed by atoms with van der Waals surface area (Å²) in [5.41, 5.74) is -0.250. The van der Waals surface area contributed by atoms with Gasteiger partial charge in [-0.25, -0.2) is 24.2 Å². The number of imide groups is 1. The first-order valence-corrected chi connectivity index (χ1v) is 12.9. The molecule has 0 atom stereocenters. The van der Waals surface area contributed by atoms with Crippen LogP contribution in [0.15, 0.2) is 45.0 Å². The summed E-state index contributed by atoms with van der Waals surface area (Å²) in [5, 5.41) is 8.89. The number of aryl methyl sites for hydroxylation is 1. The molecule has 1 aromatic carbocycles.